The van der Waals surface area contributed by atoms with Crippen LogP contribution in [0, 0.1) is 0 Å². The first kappa shape index (κ1) is 26.1. The number of hydrogen-bond acceptors (Lipinski definition) is 4. The molecule has 0 unspecified atom stereocenters. The van der Waals surface area contributed by atoms with E-state index in [0.29, 0.717) is 26.4 Å². The molecule has 0 saturated carbocycles. The molecule has 1 saturated heterocycles. The van der Waals surface area contributed by atoms with Gasteiger partial charge in [0.25, 0.3) is 0 Å². The van der Waals surface area contributed by atoms with E-state index in [1.807, 2.05) is 6.92 Å². The molecule has 2 N–H and O–H groups in total. The molecule has 1 aromatic carbocycles. The predicted octanol–water partition coefficient (Wildman–Crippen LogP) is 3.40. The lowest BCUT2D eigenvalue weighted by Gasteiger charge is -2.26. The molecular weight excluding hydrogens is 479 g/mol. The van der Waals surface area contributed by atoms with Gasteiger partial charge in [0.2, 0.25) is 0 Å². The summed E-state index contributed by atoms with van der Waals surface area (Å²) in [5, 5.41) is 6.81. The maximum absolute atomic E-state index is 5.66. The second kappa shape index (κ2) is 16.8. The molecule has 166 valence electrons. The van der Waals surface area contributed by atoms with Crippen molar-refractivity contribution in [3.8, 4) is 0 Å². The number of rotatable bonds is 12. The molecule has 1 fully saturated rings. The van der Waals surface area contributed by atoms with E-state index < -0.39 is 0 Å². The van der Waals surface area contributed by atoms with Gasteiger partial charge < -0.3 is 25.0 Å². The smallest absolute Gasteiger partial charge is 0.191 e. The van der Waals surface area contributed by atoms with Crippen molar-refractivity contribution in [3.05, 3.63) is 35.4 Å². The predicted molar refractivity (Wildman–Crippen MR) is 131 cm³/mol. The maximum atomic E-state index is 5.66. The second-order valence-electron chi connectivity index (χ2n) is 7.09. The number of guanidine groups is 1. The Labute approximate surface area is 193 Å². The number of piperidine rings is 1. The van der Waals surface area contributed by atoms with Crippen molar-refractivity contribution in [3.63, 3.8) is 0 Å². The van der Waals surface area contributed by atoms with Gasteiger partial charge >= 0.3 is 0 Å². The highest BCUT2D eigenvalue weighted by Crippen LogP contribution is 2.09. The summed E-state index contributed by atoms with van der Waals surface area (Å²) in [5.74, 6) is 0.887. The number of benzene rings is 1. The Morgan fingerprint density at radius 1 is 1.03 bits per heavy atom. The Bertz CT molecular complexity index is 565. The molecule has 1 aliphatic rings. The minimum atomic E-state index is 0. The van der Waals surface area contributed by atoms with Crippen LogP contribution in [-0.4, -0.2) is 63.4 Å². The number of nitrogens with one attached hydrogen (secondary N) is 2. The van der Waals surface area contributed by atoms with Crippen LogP contribution in [0.4, 0.5) is 0 Å². The molecular formula is C22H39IN4O2. The third kappa shape index (κ3) is 11.8. The van der Waals surface area contributed by atoms with Crippen LogP contribution in [0.2, 0.25) is 0 Å². The molecule has 0 aromatic heterocycles. The molecule has 0 aliphatic carbocycles. The molecule has 0 amide bonds. The molecule has 0 spiro atoms. The van der Waals surface area contributed by atoms with Crippen LogP contribution < -0.4 is 10.6 Å². The largest absolute Gasteiger partial charge is 0.379 e. The molecule has 0 atom stereocenters. The Balaban J connectivity index is 0.00000420. The van der Waals surface area contributed by atoms with Gasteiger partial charge in [-0.25, -0.2) is 4.99 Å². The fraction of sp³-hybridized carbons (Fsp3) is 0.682. The zero-order valence-corrected chi connectivity index (χ0v) is 20.5. The standard InChI is InChI=1S/C22H38N4O2.HI/c1-3-23-22(24-11-14-26-12-6-5-7-13-26)25-18-20-9-8-10-21(17-20)19-28-16-15-27-4-2;/h8-10,17H,3-7,11-16,18-19H2,1-2H3,(H2,23,24,25);1H. The van der Waals surface area contributed by atoms with Crippen LogP contribution in [0.3, 0.4) is 0 Å². The molecule has 2 rings (SSSR count). The first-order valence-corrected chi connectivity index (χ1v) is 10.8. The van der Waals surface area contributed by atoms with Crippen molar-refractivity contribution < 1.29 is 9.47 Å². The van der Waals surface area contributed by atoms with E-state index >= 15 is 0 Å². The van der Waals surface area contributed by atoms with Crippen LogP contribution in [0.15, 0.2) is 29.3 Å². The van der Waals surface area contributed by atoms with Gasteiger partial charge in [0.15, 0.2) is 5.96 Å². The zero-order valence-electron chi connectivity index (χ0n) is 18.1. The summed E-state index contributed by atoms with van der Waals surface area (Å²) in [4.78, 5) is 7.28. The van der Waals surface area contributed by atoms with Crippen molar-refractivity contribution in [1.82, 2.24) is 15.5 Å². The average molecular weight is 518 g/mol. The van der Waals surface area contributed by atoms with Crippen LogP contribution >= 0.6 is 24.0 Å². The monoisotopic (exact) mass is 518 g/mol. The van der Waals surface area contributed by atoms with Gasteiger partial charge in [0, 0.05) is 26.2 Å². The molecule has 1 aliphatic heterocycles. The summed E-state index contributed by atoms with van der Waals surface area (Å²) < 4.78 is 11.0. The highest BCUT2D eigenvalue weighted by Gasteiger charge is 2.09. The number of nitrogens with zero attached hydrogens (tertiary/aromatic N) is 2. The number of ether oxygens (including phenoxy) is 2. The summed E-state index contributed by atoms with van der Waals surface area (Å²) in [6.45, 7) is 12.7. The van der Waals surface area contributed by atoms with E-state index in [1.54, 1.807) is 0 Å². The fourth-order valence-electron chi connectivity index (χ4n) is 3.30. The molecule has 1 heterocycles. The van der Waals surface area contributed by atoms with Crippen molar-refractivity contribution in [1.29, 1.82) is 0 Å². The van der Waals surface area contributed by atoms with Crippen molar-refractivity contribution in [2.75, 3.05) is 52.5 Å². The lowest BCUT2D eigenvalue weighted by Crippen LogP contribution is -2.42. The topological polar surface area (TPSA) is 58.1 Å². The summed E-state index contributed by atoms with van der Waals surface area (Å²) in [6, 6.07) is 8.45. The second-order valence-corrected chi connectivity index (χ2v) is 7.09. The highest BCUT2D eigenvalue weighted by atomic mass is 127. The first-order chi connectivity index (χ1) is 13.8. The Kier molecular flexibility index (Phi) is 15.2. The van der Waals surface area contributed by atoms with Crippen molar-refractivity contribution >= 4 is 29.9 Å². The number of halogens is 1. The minimum Gasteiger partial charge on any atom is -0.379 e. The molecule has 6 nitrogen and oxygen atoms in total. The maximum Gasteiger partial charge on any atom is 0.191 e. The van der Waals surface area contributed by atoms with Gasteiger partial charge in [0.05, 0.1) is 26.4 Å². The van der Waals surface area contributed by atoms with E-state index in [4.69, 9.17) is 14.5 Å². The van der Waals surface area contributed by atoms with Gasteiger partial charge in [-0.2, -0.15) is 0 Å². The third-order valence-corrected chi connectivity index (χ3v) is 4.77. The SMILES string of the molecule is CCNC(=NCc1cccc(COCCOCC)c1)NCCN1CCCCC1.I. The van der Waals surface area contributed by atoms with Crippen LogP contribution in [0.5, 0.6) is 0 Å². The average Bonchev–Trinajstić information content (AvgIpc) is 2.73. The van der Waals surface area contributed by atoms with E-state index in [0.717, 1.165) is 32.2 Å². The zero-order chi connectivity index (χ0) is 19.9. The Morgan fingerprint density at radius 3 is 2.55 bits per heavy atom. The van der Waals surface area contributed by atoms with E-state index in [1.165, 1.54) is 43.5 Å². The lowest BCUT2D eigenvalue weighted by atomic mass is 10.1. The normalized spacial score (nSPS) is 15.0. The van der Waals surface area contributed by atoms with Gasteiger partial charge in [-0.15, -0.1) is 24.0 Å². The van der Waals surface area contributed by atoms with Crippen LogP contribution in [0.1, 0.15) is 44.2 Å². The minimum absolute atomic E-state index is 0. The van der Waals surface area contributed by atoms with Crippen molar-refractivity contribution in [2.45, 2.75) is 46.3 Å². The fourth-order valence-corrected chi connectivity index (χ4v) is 3.30. The summed E-state index contributed by atoms with van der Waals surface area (Å²) in [6.07, 6.45) is 4.05. The molecule has 0 radical (unpaired) electrons. The van der Waals surface area contributed by atoms with Gasteiger partial charge in [-0.1, -0.05) is 30.7 Å². The highest BCUT2D eigenvalue weighted by molar-refractivity contribution is 14.0. The summed E-state index contributed by atoms with van der Waals surface area (Å²) in [5.41, 5.74) is 2.37. The van der Waals surface area contributed by atoms with Crippen molar-refractivity contribution in [2.24, 2.45) is 4.99 Å². The summed E-state index contributed by atoms with van der Waals surface area (Å²) >= 11 is 0. The van der Waals surface area contributed by atoms with E-state index in [-0.39, 0.29) is 24.0 Å². The third-order valence-electron chi connectivity index (χ3n) is 4.77. The lowest BCUT2D eigenvalue weighted by molar-refractivity contribution is 0.0453. The van der Waals surface area contributed by atoms with Crippen LogP contribution in [-0.2, 0) is 22.6 Å². The number of likely N-dealkylation sites (tertiary alicyclic amines) is 1. The number of aliphatic imine (C=N–C) groups is 1. The van der Waals surface area contributed by atoms with Gasteiger partial charge in [-0.05, 0) is 50.9 Å². The Morgan fingerprint density at radius 2 is 1.79 bits per heavy atom. The van der Waals surface area contributed by atoms with Crippen LogP contribution in [0.25, 0.3) is 0 Å². The Hall–Kier alpha value is -0.900. The molecule has 0 bridgehead atoms. The molecule has 29 heavy (non-hydrogen) atoms. The van der Waals surface area contributed by atoms with Gasteiger partial charge in [-0.3, -0.25) is 0 Å². The van der Waals surface area contributed by atoms with E-state index in [2.05, 4.69) is 46.7 Å². The quantitative estimate of drug-likeness (QED) is 0.192. The summed E-state index contributed by atoms with van der Waals surface area (Å²) in [7, 11) is 0. The molecule has 7 heteroatoms. The first-order valence-electron chi connectivity index (χ1n) is 10.8. The van der Waals surface area contributed by atoms with Gasteiger partial charge in [0.1, 0.15) is 0 Å². The molecule has 1 aromatic rings. The number of hydrogen-bond donors (Lipinski definition) is 2. The van der Waals surface area contributed by atoms with E-state index in [9.17, 15) is 0 Å².